The second-order valence-corrected chi connectivity index (χ2v) is 4.48. The molecule has 1 heterocycles. The van der Waals surface area contributed by atoms with Gasteiger partial charge in [-0.05, 0) is 31.4 Å². The molecule has 0 saturated carbocycles. The summed E-state index contributed by atoms with van der Waals surface area (Å²) in [5.41, 5.74) is 2.07. The van der Waals surface area contributed by atoms with Crippen molar-refractivity contribution in [2.24, 2.45) is 0 Å². The Bertz CT molecular complexity index is 407. The molecule has 0 aliphatic heterocycles. The lowest BCUT2D eigenvalue weighted by Gasteiger charge is -2.01. The maximum Gasteiger partial charge on any atom is 0.221 e. The molecular formula is C11H15NO2S. The van der Waals surface area contributed by atoms with E-state index in [1.165, 1.54) is 18.3 Å². The van der Waals surface area contributed by atoms with Gasteiger partial charge >= 0.3 is 0 Å². The van der Waals surface area contributed by atoms with Crippen molar-refractivity contribution in [3.05, 3.63) is 16.0 Å². The molecule has 0 aliphatic carbocycles. The summed E-state index contributed by atoms with van der Waals surface area (Å²) < 4.78 is 0. The third-order valence-electron chi connectivity index (χ3n) is 2.23. The van der Waals surface area contributed by atoms with Crippen LogP contribution in [0.2, 0.25) is 0 Å². The molecule has 1 amide bonds. The maximum absolute atomic E-state index is 11.3. The fraction of sp³-hybridized carbons (Fsp3) is 0.455. The van der Waals surface area contributed by atoms with Gasteiger partial charge in [-0.1, -0.05) is 6.92 Å². The molecule has 4 heteroatoms. The molecule has 1 aromatic heterocycles. The first kappa shape index (κ1) is 11.9. The fourth-order valence-corrected chi connectivity index (χ4v) is 2.81. The van der Waals surface area contributed by atoms with Gasteiger partial charge < -0.3 is 5.32 Å². The Hall–Kier alpha value is -1.16. The van der Waals surface area contributed by atoms with E-state index in [2.05, 4.69) is 5.32 Å². The number of hydrogen-bond donors (Lipinski definition) is 1. The minimum Gasteiger partial charge on any atom is -0.318 e. The number of anilines is 1. The molecule has 1 N–H and O–H groups in total. The summed E-state index contributed by atoms with van der Waals surface area (Å²) in [6, 6.07) is 0. The number of ketones is 1. The molecule has 0 bridgehead atoms. The van der Waals surface area contributed by atoms with Crippen LogP contribution in [0.3, 0.4) is 0 Å². The fourth-order valence-electron chi connectivity index (χ4n) is 1.57. The van der Waals surface area contributed by atoms with Crippen molar-refractivity contribution in [2.45, 2.75) is 34.1 Å². The lowest BCUT2D eigenvalue weighted by molar-refractivity contribution is -0.114. The van der Waals surface area contributed by atoms with Crippen LogP contribution in [0.1, 0.15) is 41.6 Å². The van der Waals surface area contributed by atoms with E-state index in [0.29, 0.717) is 0 Å². The predicted molar refractivity (Wildman–Crippen MR) is 62.7 cm³/mol. The third-order valence-corrected chi connectivity index (χ3v) is 3.58. The number of nitrogens with one attached hydrogen (secondary N) is 1. The van der Waals surface area contributed by atoms with Crippen molar-refractivity contribution >= 4 is 28.0 Å². The summed E-state index contributed by atoms with van der Waals surface area (Å²) in [4.78, 5) is 23.1. The average molecular weight is 225 g/mol. The molecule has 0 saturated heterocycles. The van der Waals surface area contributed by atoms with E-state index in [1.54, 1.807) is 6.92 Å². The van der Waals surface area contributed by atoms with Gasteiger partial charge in [-0.3, -0.25) is 9.59 Å². The molecule has 1 aromatic rings. The normalized spacial score (nSPS) is 10.1. The maximum atomic E-state index is 11.3. The second kappa shape index (κ2) is 4.57. The number of thiophene rings is 1. The van der Waals surface area contributed by atoms with Crippen molar-refractivity contribution in [1.82, 2.24) is 0 Å². The molecule has 82 valence electrons. The molecule has 0 spiro atoms. The molecule has 3 nitrogen and oxygen atoms in total. The zero-order valence-corrected chi connectivity index (χ0v) is 10.2. The number of rotatable bonds is 3. The summed E-state index contributed by atoms with van der Waals surface area (Å²) in [5, 5.41) is 3.58. The number of hydrogen-bond acceptors (Lipinski definition) is 3. The highest BCUT2D eigenvalue weighted by Gasteiger charge is 2.16. The van der Waals surface area contributed by atoms with Crippen molar-refractivity contribution in [3.63, 3.8) is 0 Å². The summed E-state index contributed by atoms with van der Waals surface area (Å²) in [5.74, 6) is -0.0372. The lowest BCUT2D eigenvalue weighted by atomic mass is 10.1. The minimum atomic E-state index is -0.0962. The molecule has 0 fully saturated rings. The van der Waals surface area contributed by atoms with Crippen LogP contribution in [0.4, 0.5) is 5.00 Å². The Balaban J connectivity index is 3.21. The van der Waals surface area contributed by atoms with Gasteiger partial charge in [0, 0.05) is 6.92 Å². The first-order valence-electron chi connectivity index (χ1n) is 4.88. The number of Topliss-reactive ketones (excluding diaryl/α,β-unsaturated/α-hetero) is 1. The van der Waals surface area contributed by atoms with E-state index >= 15 is 0 Å². The molecule has 1 rings (SSSR count). The van der Waals surface area contributed by atoms with E-state index in [-0.39, 0.29) is 11.7 Å². The van der Waals surface area contributed by atoms with E-state index < -0.39 is 0 Å². The van der Waals surface area contributed by atoms with Crippen molar-refractivity contribution in [1.29, 1.82) is 0 Å². The van der Waals surface area contributed by atoms with Gasteiger partial charge in [0.1, 0.15) is 0 Å². The van der Waals surface area contributed by atoms with Crippen LogP contribution in [0.15, 0.2) is 0 Å². The standard InChI is InChI=1S/C11H15NO2S/c1-5-9-6(2)10(7(3)13)15-11(9)12-8(4)14/h5H2,1-4H3,(H,12,14). The van der Waals surface area contributed by atoms with Crippen LogP contribution in [0.5, 0.6) is 0 Å². The predicted octanol–water partition coefficient (Wildman–Crippen LogP) is 2.78. The van der Waals surface area contributed by atoms with E-state index in [0.717, 1.165) is 27.4 Å². The van der Waals surface area contributed by atoms with Gasteiger partial charge in [0.05, 0.1) is 9.88 Å². The Morgan fingerprint density at radius 2 is 1.93 bits per heavy atom. The molecule has 0 aromatic carbocycles. The first-order valence-corrected chi connectivity index (χ1v) is 5.69. The molecule has 0 radical (unpaired) electrons. The van der Waals surface area contributed by atoms with E-state index in [4.69, 9.17) is 0 Å². The topological polar surface area (TPSA) is 46.2 Å². The molecular weight excluding hydrogens is 210 g/mol. The molecule has 0 aliphatic rings. The Labute approximate surface area is 93.5 Å². The quantitative estimate of drug-likeness (QED) is 0.804. The molecule has 0 unspecified atom stereocenters. The number of carbonyl (C=O) groups is 2. The Kier molecular flexibility index (Phi) is 3.63. The zero-order chi connectivity index (χ0) is 11.6. The Morgan fingerprint density at radius 1 is 1.33 bits per heavy atom. The largest absolute Gasteiger partial charge is 0.318 e. The third kappa shape index (κ3) is 2.45. The van der Waals surface area contributed by atoms with Crippen LogP contribution in [0, 0.1) is 6.92 Å². The summed E-state index contributed by atoms with van der Waals surface area (Å²) >= 11 is 1.37. The summed E-state index contributed by atoms with van der Waals surface area (Å²) in [6.45, 7) is 6.97. The second-order valence-electron chi connectivity index (χ2n) is 3.45. The SMILES string of the molecule is CCc1c(NC(C)=O)sc(C(C)=O)c1C. The van der Waals surface area contributed by atoms with Crippen molar-refractivity contribution < 1.29 is 9.59 Å². The highest BCUT2D eigenvalue weighted by Crippen LogP contribution is 2.33. The number of amides is 1. The highest BCUT2D eigenvalue weighted by atomic mass is 32.1. The van der Waals surface area contributed by atoms with Gasteiger partial charge in [-0.25, -0.2) is 0 Å². The average Bonchev–Trinajstić information content (AvgIpc) is 2.41. The first-order chi connectivity index (χ1) is 6.97. The zero-order valence-electron chi connectivity index (χ0n) is 9.43. The Morgan fingerprint density at radius 3 is 2.33 bits per heavy atom. The highest BCUT2D eigenvalue weighted by molar-refractivity contribution is 7.18. The van der Waals surface area contributed by atoms with Gasteiger partial charge in [-0.15, -0.1) is 11.3 Å². The smallest absolute Gasteiger partial charge is 0.221 e. The van der Waals surface area contributed by atoms with Crippen LogP contribution in [0.25, 0.3) is 0 Å². The van der Waals surface area contributed by atoms with Crippen LogP contribution in [-0.2, 0) is 11.2 Å². The van der Waals surface area contributed by atoms with E-state index in [9.17, 15) is 9.59 Å². The minimum absolute atomic E-state index is 0.0591. The monoisotopic (exact) mass is 225 g/mol. The van der Waals surface area contributed by atoms with E-state index in [1.807, 2.05) is 13.8 Å². The van der Waals surface area contributed by atoms with Gasteiger partial charge in [0.15, 0.2) is 5.78 Å². The van der Waals surface area contributed by atoms with Crippen LogP contribution in [-0.4, -0.2) is 11.7 Å². The summed E-state index contributed by atoms with van der Waals surface area (Å²) in [6.07, 6.45) is 0.825. The lowest BCUT2D eigenvalue weighted by Crippen LogP contribution is -2.05. The van der Waals surface area contributed by atoms with Gasteiger partial charge in [0.2, 0.25) is 5.91 Å². The summed E-state index contributed by atoms with van der Waals surface area (Å²) in [7, 11) is 0. The number of carbonyl (C=O) groups excluding carboxylic acids is 2. The van der Waals surface area contributed by atoms with Gasteiger partial charge in [-0.2, -0.15) is 0 Å². The molecule has 0 atom stereocenters. The van der Waals surface area contributed by atoms with Crippen molar-refractivity contribution in [3.8, 4) is 0 Å². The molecule has 15 heavy (non-hydrogen) atoms. The van der Waals surface area contributed by atoms with Gasteiger partial charge in [0.25, 0.3) is 0 Å². The van der Waals surface area contributed by atoms with Crippen molar-refractivity contribution in [2.75, 3.05) is 5.32 Å². The van der Waals surface area contributed by atoms with Crippen LogP contribution >= 0.6 is 11.3 Å². The van der Waals surface area contributed by atoms with Crippen LogP contribution < -0.4 is 5.32 Å².